The second kappa shape index (κ2) is 3.32. The zero-order chi connectivity index (χ0) is 13.0. The third-order valence-electron chi connectivity index (χ3n) is 3.33. The molecule has 1 aromatic rings. The summed E-state index contributed by atoms with van der Waals surface area (Å²) in [6, 6.07) is 6.45. The van der Waals surface area contributed by atoms with Crippen LogP contribution < -0.4 is 11.1 Å². The summed E-state index contributed by atoms with van der Waals surface area (Å²) >= 11 is 0. The number of aliphatic imine (C=N–C) groups is 1. The van der Waals surface area contributed by atoms with Gasteiger partial charge in [-0.3, -0.25) is 10.1 Å². The lowest BCUT2D eigenvalue weighted by Gasteiger charge is -2.30. The van der Waals surface area contributed by atoms with Crippen LogP contribution in [0.15, 0.2) is 34.2 Å². The maximum Gasteiger partial charge on any atom is 0.259 e. The second-order valence-corrected chi connectivity index (χ2v) is 6.45. The summed E-state index contributed by atoms with van der Waals surface area (Å²) in [7, 11) is -3.34. The van der Waals surface area contributed by atoms with E-state index in [1.54, 1.807) is 18.2 Å². The Morgan fingerprint density at radius 3 is 2.72 bits per heavy atom. The van der Waals surface area contributed by atoms with Crippen LogP contribution in [-0.2, 0) is 20.2 Å². The fourth-order valence-electron chi connectivity index (χ4n) is 2.46. The van der Waals surface area contributed by atoms with E-state index >= 15 is 0 Å². The lowest BCUT2D eigenvalue weighted by atomic mass is 9.87. The Morgan fingerprint density at radius 2 is 2.06 bits per heavy atom. The van der Waals surface area contributed by atoms with E-state index in [-0.39, 0.29) is 28.9 Å². The largest absolute Gasteiger partial charge is 0.370 e. The summed E-state index contributed by atoms with van der Waals surface area (Å²) in [5.74, 6) is -0.426. The van der Waals surface area contributed by atoms with E-state index in [9.17, 15) is 13.2 Å². The first-order valence-electron chi connectivity index (χ1n) is 5.45. The van der Waals surface area contributed by atoms with Crippen molar-refractivity contribution in [1.82, 2.24) is 5.32 Å². The van der Waals surface area contributed by atoms with Gasteiger partial charge in [-0.1, -0.05) is 18.2 Å². The number of sulfone groups is 1. The van der Waals surface area contributed by atoms with Gasteiger partial charge in [0.05, 0.1) is 10.6 Å². The Kier molecular flexibility index (Phi) is 2.07. The average molecular weight is 265 g/mol. The normalized spacial score (nSPS) is 28.7. The Bertz CT molecular complexity index is 681. The first-order valence-corrected chi connectivity index (χ1v) is 7.10. The minimum absolute atomic E-state index is 0.0362. The first-order chi connectivity index (χ1) is 8.46. The van der Waals surface area contributed by atoms with Crippen molar-refractivity contribution in [2.45, 2.75) is 16.9 Å². The molecule has 1 atom stereocenters. The highest BCUT2D eigenvalue weighted by molar-refractivity contribution is 7.91. The topological polar surface area (TPSA) is 102 Å². The van der Waals surface area contributed by atoms with Crippen LogP contribution in [-0.4, -0.2) is 26.0 Å². The molecule has 0 radical (unpaired) electrons. The Labute approximate surface area is 104 Å². The fraction of sp³-hybridized carbons (Fsp3) is 0.273. The van der Waals surface area contributed by atoms with E-state index in [0.29, 0.717) is 5.56 Å². The fourth-order valence-corrected chi connectivity index (χ4v) is 4.10. The van der Waals surface area contributed by atoms with Crippen LogP contribution in [0.3, 0.4) is 0 Å². The number of amides is 1. The number of nitrogens with one attached hydrogen (secondary N) is 1. The molecule has 6 nitrogen and oxygen atoms in total. The van der Waals surface area contributed by atoms with E-state index in [0.717, 1.165) is 0 Å². The van der Waals surface area contributed by atoms with Crippen molar-refractivity contribution in [1.29, 1.82) is 0 Å². The van der Waals surface area contributed by atoms with Crippen molar-refractivity contribution < 1.29 is 13.2 Å². The van der Waals surface area contributed by atoms with E-state index in [1.165, 1.54) is 6.07 Å². The van der Waals surface area contributed by atoms with Gasteiger partial charge in [-0.25, -0.2) is 13.4 Å². The van der Waals surface area contributed by atoms with Crippen molar-refractivity contribution in [2.24, 2.45) is 10.7 Å². The van der Waals surface area contributed by atoms with Gasteiger partial charge in [-0.15, -0.1) is 0 Å². The summed E-state index contributed by atoms with van der Waals surface area (Å²) in [6.45, 7) is 0. The number of nitrogens with two attached hydrogens (primary N) is 1. The molecule has 1 aromatic carbocycles. The van der Waals surface area contributed by atoms with Crippen molar-refractivity contribution in [3.8, 4) is 0 Å². The molecule has 0 aliphatic carbocycles. The highest BCUT2D eigenvalue weighted by Crippen LogP contribution is 2.41. The summed E-state index contributed by atoms with van der Waals surface area (Å²) in [6.07, 6.45) is 0.124. The number of fused-ring (bicyclic) bond motifs is 2. The maximum absolute atomic E-state index is 12.0. The molecule has 2 aliphatic rings. The lowest BCUT2D eigenvalue weighted by molar-refractivity contribution is -0.124. The van der Waals surface area contributed by atoms with Gasteiger partial charge in [0, 0.05) is 12.0 Å². The van der Waals surface area contributed by atoms with Crippen LogP contribution in [0.1, 0.15) is 12.0 Å². The molecule has 2 aliphatic heterocycles. The summed E-state index contributed by atoms with van der Waals surface area (Å²) < 4.78 is 24.0. The van der Waals surface area contributed by atoms with Crippen molar-refractivity contribution in [3.05, 3.63) is 29.8 Å². The van der Waals surface area contributed by atoms with Gasteiger partial charge in [0.2, 0.25) is 0 Å². The van der Waals surface area contributed by atoms with Gasteiger partial charge in [-0.2, -0.15) is 0 Å². The minimum Gasteiger partial charge on any atom is -0.370 e. The standard InChI is InChI=1S/C11H11N3O3S/c12-10-13-9(15)11(14-10)5-6-18(16,17)8-4-2-1-3-7(8)11/h1-4H,5-6H2,(H3,12,13,14,15). The smallest absolute Gasteiger partial charge is 0.259 e. The summed E-state index contributed by atoms with van der Waals surface area (Å²) in [4.78, 5) is 16.3. The Morgan fingerprint density at radius 1 is 1.33 bits per heavy atom. The minimum atomic E-state index is -3.34. The molecular weight excluding hydrogens is 254 g/mol. The van der Waals surface area contributed by atoms with E-state index < -0.39 is 15.4 Å². The first kappa shape index (κ1) is 11.2. The molecule has 3 N–H and O–H groups in total. The van der Waals surface area contributed by atoms with Crippen LogP contribution in [0.4, 0.5) is 0 Å². The number of carbonyl (C=O) groups is 1. The predicted octanol–water partition coefficient (Wildman–Crippen LogP) is -0.496. The van der Waals surface area contributed by atoms with Crippen molar-refractivity contribution in [2.75, 3.05) is 5.75 Å². The molecule has 7 heteroatoms. The quantitative estimate of drug-likeness (QED) is 0.660. The van der Waals surface area contributed by atoms with E-state index in [1.807, 2.05) is 0 Å². The molecule has 0 saturated heterocycles. The van der Waals surface area contributed by atoms with Gasteiger partial charge < -0.3 is 5.73 Å². The third-order valence-corrected chi connectivity index (χ3v) is 5.10. The van der Waals surface area contributed by atoms with Crippen molar-refractivity contribution >= 4 is 21.7 Å². The summed E-state index contributed by atoms with van der Waals surface area (Å²) in [5.41, 5.74) is 4.76. The van der Waals surface area contributed by atoms with Crippen LogP contribution in [0, 0.1) is 0 Å². The third kappa shape index (κ3) is 1.30. The predicted molar refractivity (Wildman–Crippen MR) is 64.6 cm³/mol. The van der Waals surface area contributed by atoms with Gasteiger partial charge in [-0.05, 0) is 6.07 Å². The zero-order valence-corrected chi connectivity index (χ0v) is 10.2. The molecule has 94 valence electrons. The molecule has 18 heavy (non-hydrogen) atoms. The molecule has 0 fully saturated rings. The zero-order valence-electron chi connectivity index (χ0n) is 9.38. The number of hydrogen-bond donors (Lipinski definition) is 2. The Hall–Kier alpha value is -1.89. The molecule has 2 heterocycles. The van der Waals surface area contributed by atoms with Crippen LogP contribution in [0.2, 0.25) is 0 Å². The molecule has 1 amide bonds. The number of hydrogen-bond acceptors (Lipinski definition) is 5. The molecule has 1 spiro atoms. The molecule has 0 bridgehead atoms. The molecule has 0 saturated carbocycles. The molecule has 1 unspecified atom stereocenters. The van der Waals surface area contributed by atoms with Gasteiger partial charge in [0.25, 0.3) is 5.91 Å². The summed E-state index contributed by atoms with van der Waals surface area (Å²) in [5, 5.41) is 2.44. The monoisotopic (exact) mass is 265 g/mol. The average Bonchev–Trinajstić information content (AvgIpc) is 2.61. The second-order valence-electron chi connectivity index (χ2n) is 4.38. The Balaban J connectivity index is 2.32. The molecule has 0 aromatic heterocycles. The molecular formula is C11H11N3O3S. The molecule has 3 rings (SSSR count). The van der Waals surface area contributed by atoms with Crippen molar-refractivity contribution in [3.63, 3.8) is 0 Å². The maximum atomic E-state index is 12.0. The number of nitrogens with zero attached hydrogens (tertiary/aromatic N) is 1. The van der Waals surface area contributed by atoms with E-state index in [2.05, 4.69) is 10.3 Å². The number of guanidine groups is 1. The van der Waals surface area contributed by atoms with Crippen LogP contribution >= 0.6 is 0 Å². The van der Waals surface area contributed by atoms with Gasteiger partial charge in [0.1, 0.15) is 0 Å². The van der Waals surface area contributed by atoms with Gasteiger partial charge >= 0.3 is 0 Å². The lowest BCUT2D eigenvalue weighted by Crippen LogP contribution is -2.43. The van der Waals surface area contributed by atoms with Gasteiger partial charge in [0.15, 0.2) is 21.3 Å². The van der Waals surface area contributed by atoms with Crippen LogP contribution in [0.5, 0.6) is 0 Å². The number of carbonyl (C=O) groups excluding carboxylic acids is 1. The number of rotatable bonds is 0. The highest BCUT2D eigenvalue weighted by atomic mass is 32.2. The number of benzene rings is 1. The SMILES string of the molecule is NC1=NC2(CCS(=O)(=O)c3ccccc32)C(=O)N1. The van der Waals surface area contributed by atoms with Crippen LogP contribution in [0.25, 0.3) is 0 Å². The van der Waals surface area contributed by atoms with E-state index in [4.69, 9.17) is 5.73 Å². The highest BCUT2D eigenvalue weighted by Gasteiger charge is 2.50.